The molecule has 0 saturated carbocycles. The smallest absolute Gasteiger partial charge is 0.110 e. The Labute approximate surface area is 72.9 Å². The van der Waals surface area contributed by atoms with E-state index in [1.165, 1.54) is 0 Å². The molecule has 1 aliphatic heterocycles. The lowest BCUT2D eigenvalue weighted by Crippen LogP contribution is -2.43. The Morgan fingerprint density at radius 3 is 2.55 bits per heavy atom. The molecule has 0 amide bonds. The molecule has 1 rings (SSSR count). The third-order valence-corrected chi connectivity index (χ3v) is 3.87. The van der Waals surface area contributed by atoms with Gasteiger partial charge >= 0.3 is 0 Å². The van der Waals surface area contributed by atoms with Crippen LogP contribution in [-0.4, -0.2) is 16.9 Å². The first kappa shape index (κ1) is 9.36. The molecular formula is C8H17NOS. The molecule has 2 N–H and O–H groups in total. The van der Waals surface area contributed by atoms with Gasteiger partial charge in [-0.2, -0.15) is 0 Å². The SMILES string of the molecule is CCC1OC(N)C(C)C(C)S1. The molecule has 1 aliphatic rings. The lowest BCUT2D eigenvalue weighted by atomic mass is 10.1. The van der Waals surface area contributed by atoms with Crippen LogP contribution >= 0.6 is 11.8 Å². The summed E-state index contributed by atoms with van der Waals surface area (Å²) in [5.41, 5.74) is 6.12. The molecule has 0 aromatic carbocycles. The van der Waals surface area contributed by atoms with Crippen molar-refractivity contribution < 1.29 is 4.74 Å². The third-order valence-electron chi connectivity index (χ3n) is 2.27. The van der Waals surface area contributed by atoms with Gasteiger partial charge in [0, 0.05) is 11.2 Å². The summed E-state index contributed by atoms with van der Waals surface area (Å²) in [5.74, 6) is 0.475. The highest BCUT2D eigenvalue weighted by Gasteiger charge is 2.30. The second-order valence-corrected chi connectivity index (χ2v) is 4.68. The Balaban J connectivity index is 2.47. The van der Waals surface area contributed by atoms with Crippen LogP contribution in [0.4, 0.5) is 0 Å². The van der Waals surface area contributed by atoms with Crippen molar-refractivity contribution in [3.63, 3.8) is 0 Å². The first-order valence-electron chi connectivity index (χ1n) is 4.21. The molecule has 0 radical (unpaired) electrons. The highest BCUT2D eigenvalue weighted by atomic mass is 32.2. The van der Waals surface area contributed by atoms with Gasteiger partial charge in [0.05, 0.1) is 0 Å². The number of thioether (sulfide) groups is 1. The molecule has 1 heterocycles. The summed E-state index contributed by atoms with van der Waals surface area (Å²) in [7, 11) is 0. The van der Waals surface area contributed by atoms with Crippen LogP contribution in [0.1, 0.15) is 27.2 Å². The minimum absolute atomic E-state index is 0.0591. The molecule has 0 aromatic heterocycles. The third kappa shape index (κ3) is 2.10. The van der Waals surface area contributed by atoms with Crippen molar-refractivity contribution >= 4 is 11.8 Å². The van der Waals surface area contributed by atoms with Crippen molar-refractivity contribution in [1.82, 2.24) is 0 Å². The molecule has 1 saturated heterocycles. The van der Waals surface area contributed by atoms with Crippen LogP contribution < -0.4 is 5.73 Å². The Hall–Kier alpha value is 0.270. The van der Waals surface area contributed by atoms with Crippen molar-refractivity contribution in [2.45, 2.75) is 44.1 Å². The molecule has 0 bridgehead atoms. The van der Waals surface area contributed by atoms with Gasteiger partial charge in [-0.05, 0) is 6.42 Å². The van der Waals surface area contributed by atoms with Crippen LogP contribution in [0.2, 0.25) is 0 Å². The Kier molecular flexibility index (Phi) is 3.22. The van der Waals surface area contributed by atoms with E-state index in [0.29, 0.717) is 16.6 Å². The summed E-state index contributed by atoms with van der Waals surface area (Å²) in [6.45, 7) is 6.50. The van der Waals surface area contributed by atoms with Gasteiger partial charge < -0.3 is 10.5 Å². The Bertz CT molecular complexity index is 119. The summed E-state index contributed by atoms with van der Waals surface area (Å²) in [5, 5.41) is 0.628. The van der Waals surface area contributed by atoms with E-state index in [-0.39, 0.29) is 6.23 Å². The van der Waals surface area contributed by atoms with Crippen LogP contribution in [0.3, 0.4) is 0 Å². The average molecular weight is 175 g/mol. The predicted octanol–water partition coefficient (Wildman–Crippen LogP) is 1.80. The second kappa shape index (κ2) is 3.78. The molecule has 11 heavy (non-hydrogen) atoms. The number of hydrogen-bond acceptors (Lipinski definition) is 3. The molecular weight excluding hydrogens is 158 g/mol. The second-order valence-electron chi connectivity index (χ2n) is 3.14. The zero-order valence-electron chi connectivity index (χ0n) is 7.41. The lowest BCUT2D eigenvalue weighted by molar-refractivity contribution is -0.00614. The minimum Gasteiger partial charge on any atom is -0.349 e. The lowest BCUT2D eigenvalue weighted by Gasteiger charge is -2.36. The van der Waals surface area contributed by atoms with E-state index in [1.54, 1.807) is 0 Å². The van der Waals surface area contributed by atoms with Crippen LogP contribution in [0.25, 0.3) is 0 Å². The van der Waals surface area contributed by atoms with E-state index in [1.807, 2.05) is 11.8 Å². The van der Waals surface area contributed by atoms with E-state index in [4.69, 9.17) is 10.5 Å². The van der Waals surface area contributed by atoms with Crippen molar-refractivity contribution in [1.29, 1.82) is 0 Å². The number of ether oxygens (including phenoxy) is 1. The Morgan fingerprint density at radius 2 is 2.09 bits per heavy atom. The first-order chi connectivity index (χ1) is 5.15. The Morgan fingerprint density at radius 1 is 1.45 bits per heavy atom. The van der Waals surface area contributed by atoms with Gasteiger partial charge in [0.2, 0.25) is 0 Å². The summed E-state index contributed by atoms with van der Waals surface area (Å²) >= 11 is 1.90. The molecule has 2 nitrogen and oxygen atoms in total. The van der Waals surface area contributed by atoms with Gasteiger partial charge in [-0.3, -0.25) is 0 Å². The van der Waals surface area contributed by atoms with Crippen LogP contribution in [0.15, 0.2) is 0 Å². The monoisotopic (exact) mass is 175 g/mol. The molecule has 66 valence electrons. The van der Waals surface area contributed by atoms with E-state index >= 15 is 0 Å². The number of nitrogens with two attached hydrogens (primary N) is 1. The maximum atomic E-state index is 5.80. The van der Waals surface area contributed by atoms with Gasteiger partial charge in [-0.15, -0.1) is 11.8 Å². The highest BCUT2D eigenvalue weighted by molar-refractivity contribution is 8.00. The fourth-order valence-corrected chi connectivity index (χ4v) is 2.42. The molecule has 1 fully saturated rings. The van der Waals surface area contributed by atoms with E-state index in [2.05, 4.69) is 20.8 Å². The van der Waals surface area contributed by atoms with Crippen molar-refractivity contribution in [3.05, 3.63) is 0 Å². The summed E-state index contributed by atoms with van der Waals surface area (Å²) in [6.07, 6.45) is 0.992. The average Bonchev–Trinajstić information content (AvgIpc) is 1.99. The van der Waals surface area contributed by atoms with Crippen LogP contribution in [0.5, 0.6) is 0 Å². The maximum Gasteiger partial charge on any atom is 0.110 e. The van der Waals surface area contributed by atoms with Crippen LogP contribution in [-0.2, 0) is 4.74 Å². The molecule has 4 unspecified atom stereocenters. The first-order valence-corrected chi connectivity index (χ1v) is 5.16. The van der Waals surface area contributed by atoms with E-state index in [0.717, 1.165) is 6.42 Å². The molecule has 3 heteroatoms. The van der Waals surface area contributed by atoms with Crippen molar-refractivity contribution in [2.24, 2.45) is 11.7 Å². The molecule has 0 spiro atoms. The quantitative estimate of drug-likeness (QED) is 0.660. The zero-order valence-corrected chi connectivity index (χ0v) is 8.23. The van der Waals surface area contributed by atoms with Gasteiger partial charge in [0.25, 0.3) is 0 Å². The van der Waals surface area contributed by atoms with Crippen LogP contribution in [0, 0.1) is 5.92 Å². The van der Waals surface area contributed by atoms with Crippen molar-refractivity contribution in [3.8, 4) is 0 Å². The predicted molar refractivity (Wildman–Crippen MR) is 49.4 cm³/mol. The summed E-state index contributed by atoms with van der Waals surface area (Å²) in [6, 6.07) is 0. The topological polar surface area (TPSA) is 35.2 Å². The summed E-state index contributed by atoms with van der Waals surface area (Å²) in [4.78, 5) is 0. The molecule has 0 aromatic rings. The fraction of sp³-hybridized carbons (Fsp3) is 1.00. The largest absolute Gasteiger partial charge is 0.349 e. The van der Waals surface area contributed by atoms with Gasteiger partial charge in [0.1, 0.15) is 11.7 Å². The standard InChI is InChI=1S/C8H17NOS/c1-4-7-10-8(9)5(2)6(3)11-7/h5-8H,4,9H2,1-3H3. The van der Waals surface area contributed by atoms with Crippen molar-refractivity contribution in [2.75, 3.05) is 0 Å². The molecule has 0 aliphatic carbocycles. The van der Waals surface area contributed by atoms with Gasteiger partial charge in [-0.1, -0.05) is 20.8 Å². The minimum atomic E-state index is -0.0591. The number of hydrogen-bond donors (Lipinski definition) is 1. The highest BCUT2D eigenvalue weighted by Crippen LogP contribution is 2.34. The van der Waals surface area contributed by atoms with E-state index < -0.39 is 0 Å². The fourth-order valence-electron chi connectivity index (χ4n) is 1.15. The van der Waals surface area contributed by atoms with Gasteiger partial charge in [-0.25, -0.2) is 0 Å². The van der Waals surface area contributed by atoms with E-state index in [9.17, 15) is 0 Å². The maximum absolute atomic E-state index is 5.80. The number of rotatable bonds is 1. The molecule has 4 atom stereocenters. The van der Waals surface area contributed by atoms with Gasteiger partial charge in [0.15, 0.2) is 0 Å². The normalized spacial score (nSPS) is 45.8. The summed E-state index contributed by atoms with van der Waals surface area (Å²) < 4.78 is 5.56. The zero-order chi connectivity index (χ0) is 8.43.